The molecule has 156 valence electrons. The fourth-order valence-electron chi connectivity index (χ4n) is 3.53. The summed E-state index contributed by atoms with van der Waals surface area (Å²) in [7, 11) is 1.51. The summed E-state index contributed by atoms with van der Waals surface area (Å²) in [6.45, 7) is 7.67. The molecule has 0 aliphatic rings. The highest BCUT2D eigenvalue weighted by atomic mass is 16.5. The molecule has 2 N–H and O–H groups in total. The first-order valence-electron chi connectivity index (χ1n) is 9.69. The Bertz CT molecular complexity index is 1080. The number of anilines is 2. The Kier molecular flexibility index (Phi) is 6.26. The zero-order valence-corrected chi connectivity index (χ0v) is 17.9. The average Bonchev–Trinajstić information content (AvgIpc) is 3.13. The van der Waals surface area contributed by atoms with Gasteiger partial charge in [-0.2, -0.15) is 0 Å². The molecule has 0 fully saturated rings. The summed E-state index contributed by atoms with van der Waals surface area (Å²) in [6.07, 6.45) is 0.618. The van der Waals surface area contributed by atoms with Gasteiger partial charge in [0.1, 0.15) is 11.5 Å². The lowest BCUT2D eigenvalue weighted by atomic mass is 9.97. The lowest BCUT2D eigenvalue weighted by molar-refractivity contribution is -0.114. The summed E-state index contributed by atoms with van der Waals surface area (Å²) in [4.78, 5) is 24.0. The van der Waals surface area contributed by atoms with Crippen LogP contribution in [0.1, 0.15) is 45.5 Å². The maximum atomic E-state index is 12.7. The Morgan fingerprint density at radius 2 is 1.67 bits per heavy atom. The maximum Gasteiger partial charge on any atom is 0.291 e. The number of ether oxygens (including phenoxy) is 1. The van der Waals surface area contributed by atoms with E-state index in [1.165, 1.54) is 36.3 Å². The summed E-state index contributed by atoms with van der Waals surface area (Å²) in [5.74, 6) is 0.815. The van der Waals surface area contributed by atoms with Gasteiger partial charge in [0.05, 0.1) is 12.8 Å². The van der Waals surface area contributed by atoms with Crippen molar-refractivity contribution in [2.45, 2.75) is 34.1 Å². The number of benzene rings is 2. The second kappa shape index (κ2) is 8.86. The van der Waals surface area contributed by atoms with Crippen LogP contribution in [0.25, 0.3) is 0 Å². The quantitative estimate of drug-likeness (QED) is 0.603. The van der Waals surface area contributed by atoms with E-state index in [1.807, 2.05) is 6.07 Å². The van der Waals surface area contributed by atoms with E-state index in [0.29, 0.717) is 29.3 Å². The van der Waals surface area contributed by atoms with Crippen LogP contribution in [-0.2, 0) is 11.2 Å². The molecule has 3 aromatic rings. The van der Waals surface area contributed by atoms with Gasteiger partial charge in [0, 0.05) is 19.0 Å². The van der Waals surface area contributed by atoms with Crippen molar-refractivity contribution in [3.05, 3.63) is 76.2 Å². The van der Waals surface area contributed by atoms with Gasteiger partial charge in [-0.15, -0.1) is 0 Å². The Morgan fingerprint density at radius 1 is 0.967 bits per heavy atom. The lowest BCUT2D eigenvalue weighted by Crippen LogP contribution is -2.13. The third-order valence-electron chi connectivity index (χ3n) is 4.84. The van der Waals surface area contributed by atoms with Crippen molar-refractivity contribution in [1.82, 2.24) is 0 Å². The molecule has 6 heteroatoms. The van der Waals surface area contributed by atoms with Gasteiger partial charge in [-0.25, -0.2) is 0 Å². The number of aryl methyl sites for hydroxylation is 3. The lowest BCUT2D eigenvalue weighted by Gasteiger charge is -2.12. The minimum Gasteiger partial charge on any atom is -0.495 e. The number of hydrogen-bond donors (Lipinski definition) is 2. The predicted molar refractivity (Wildman–Crippen MR) is 117 cm³/mol. The zero-order valence-electron chi connectivity index (χ0n) is 17.9. The number of methoxy groups -OCH3 is 1. The van der Waals surface area contributed by atoms with Crippen LogP contribution in [0.15, 0.2) is 46.9 Å². The molecule has 6 nitrogen and oxygen atoms in total. The molecule has 30 heavy (non-hydrogen) atoms. The first kappa shape index (κ1) is 21.2. The van der Waals surface area contributed by atoms with E-state index in [9.17, 15) is 9.59 Å². The molecule has 0 atom stereocenters. The van der Waals surface area contributed by atoms with Gasteiger partial charge in [0.15, 0.2) is 5.76 Å². The third-order valence-corrected chi connectivity index (χ3v) is 4.84. The molecule has 0 unspecified atom stereocenters. The Hall–Kier alpha value is -3.54. The fraction of sp³-hybridized carbons (Fsp3) is 0.250. The number of amides is 2. The number of rotatable bonds is 6. The van der Waals surface area contributed by atoms with Crippen molar-refractivity contribution in [3.8, 4) is 5.75 Å². The molecule has 1 heterocycles. The molecular formula is C24H26N2O4. The van der Waals surface area contributed by atoms with E-state index in [1.54, 1.807) is 24.3 Å². The van der Waals surface area contributed by atoms with Gasteiger partial charge >= 0.3 is 0 Å². The molecule has 0 spiro atoms. The van der Waals surface area contributed by atoms with Crippen molar-refractivity contribution in [1.29, 1.82) is 0 Å². The highest BCUT2D eigenvalue weighted by molar-refractivity contribution is 6.03. The van der Waals surface area contributed by atoms with Crippen LogP contribution in [0, 0.1) is 20.8 Å². The van der Waals surface area contributed by atoms with Gasteiger partial charge < -0.3 is 19.8 Å². The number of nitrogens with one attached hydrogen (secondary N) is 2. The molecule has 0 saturated heterocycles. The van der Waals surface area contributed by atoms with Crippen LogP contribution < -0.4 is 15.4 Å². The van der Waals surface area contributed by atoms with Crippen molar-refractivity contribution < 1.29 is 18.7 Å². The van der Waals surface area contributed by atoms with Gasteiger partial charge in [0.25, 0.3) is 5.91 Å². The van der Waals surface area contributed by atoms with Gasteiger partial charge in [-0.05, 0) is 67.8 Å². The van der Waals surface area contributed by atoms with Crippen LogP contribution in [0.4, 0.5) is 11.4 Å². The van der Waals surface area contributed by atoms with E-state index in [0.717, 1.165) is 0 Å². The molecule has 0 aliphatic heterocycles. The maximum absolute atomic E-state index is 12.7. The van der Waals surface area contributed by atoms with Gasteiger partial charge in [0.2, 0.25) is 5.91 Å². The summed E-state index contributed by atoms with van der Waals surface area (Å²) < 4.78 is 11.1. The van der Waals surface area contributed by atoms with E-state index in [-0.39, 0.29) is 11.7 Å². The van der Waals surface area contributed by atoms with Gasteiger partial charge in [-0.1, -0.05) is 17.7 Å². The Morgan fingerprint density at radius 3 is 2.30 bits per heavy atom. The van der Waals surface area contributed by atoms with Gasteiger partial charge in [-0.3, -0.25) is 9.59 Å². The Balaban J connectivity index is 1.78. The van der Waals surface area contributed by atoms with Crippen molar-refractivity contribution in [2.75, 3.05) is 17.7 Å². The normalized spacial score (nSPS) is 10.6. The largest absolute Gasteiger partial charge is 0.495 e. The number of carbonyl (C=O) groups excluding carboxylic acids is 2. The van der Waals surface area contributed by atoms with E-state index in [2.05, 4.69) is 43.5 Å². The highest BCUT2D eigenvalue weighted by Gasteiger charge is 2.16. The number of carbonyl (C=O) groups is 2. The summed E-state index contributed by atoms with van der Waals surface area (Å²) >= 11 is 0. The fourth-order valence-corrected chi connectivity index (χ4v) is 3.53. The van der Waals surface area contributed by atoms with Crippen LogP contribution in [0.3, 0.4) is 0 Å². The third kappa shape index (κ3) is 4.89. The minimum absolute atomic E-state index is 0.199. The second-order valence-corrected chi connectivity index (χ2v) is 7.37. The molecule has 0 saturated carbocycles. The first-order valence-corrected chi connectivity index (χ1v) is 9.69. The number of hydrogen-bond acceptors (Lipinski definition) is 4. The van der Waals surface area contributed by atoms with E-state index >= 15 is 0 Å². The molecule has 2 aromatic carbocycles. The van der Waals surface area contributed by atoms with Crippen LogP contribution in [-0.4, -0.2) is 18.9 Å². The van der Waals surface area contributed by atoms with Crippen LogP contribution in [0.2, 0.25) is 0 Å². The molecule has 0 bridgehead atoms. The molecule has 0 aliphatic carbocycles. The van der Waals surface area contributed by atoms with E-state index in [4.69, 9.17) is 9.15 Å². The smallest absolute Gasteiger partial charge is 0.291 e. The Labute approximate surface area is 176 Å². The van der Waals surface area contributed by atoms with Crippen molar-refractivity contribution in [3.63, 3.8) is 0 Å². The second-order valence-electron chi connectivity index (χ2n) is 7.37. The van der Waals surface area contributed by atoms with E-state index < -0.39 is 5.91 Å². The number of furan rings is 1. The molecule has 3 rings (SSSR count). The predicted octanol–water partition coefficient (Wildman–Crippen LogP) is 5.01. The average molecular weight is 406 g/mol. The van der Waals surface area contributed by atoms with Crippen molar-refractivity contribution in [2.24, 2.45) is 0 Å². The summed E-state index contributed by atoms with van der Waals surface area (Å²) in [5.41, 5.74) is 5.83. The summed E-state index contributed by atoms with van der Waals surface area (Å²) in [6, 6.07) is 12.8. The van der Waals surface area contributed by atoms with Crippen LogP contribution in [0.5, 0.6) is 5.75 Å². The molecule has 2 amide bonds. The topological polar surface area (TPSA) is 80.6 Å². The van der Waals surface area contributed by atoms with Crippen LogP contribution >= 0.6 is 0 Å². The monoisotopic (exact) mass is 406 g/mol. The zero-order chi connectivity index (χ0) is 21.8. The molecular weight excluding hydrogens is 380 g/mol. The van der Waals surface area contributed by atoms with Crippen molar-refractivity contribution >= 4 is 23.2 Å². The molecule has 0 radical (unpaired) electrons. The SMILES string of the molecule is COc1ccc(NC(C)=O)cc1NC(=O)c1ccc(Cc2c(C)cc(C)cc2C)o1. The standard InChI is InChI=1S/C24H26N2O4/c1-14-10-15(2)20(16(3)11-14)13-19-7-9-23(30-19)24(28)26-21-12-18(25-17(4)27)6-8-22(21)29-5/h6-12H,13H2,1-5H3,(H,25,27)(H,26,28). The molecule has 1 aromatic heterocycles. The highest BCUT2D eigenvalue weighted by Crippen LogP contribution is 2.29. The first-order chi connectivity index (χ1) is 14.3. The summed E-state index contributed by atoms with van der Waals surface area (Å²) in [5, 5.41) is 5.48. The minimum atomic E-state index is -0.392.